The van der Waals surface area contributed by atoms with Gasteiger partial charge < -0.3 is 19.6 Å². The highest BCUT2D eigenvalue weighted by atomic mass is 35.5. The Hall–Kier alpha value is -2.61. The van der Waals surface area contributed by atoms with Crippen molar-refractivity contribution in [1.82, 2.24) is 25.3 Å². The van der Waals surface area contributed by atoms with Gasteiger partial charge in [0.1, 0.15) is 0 Å². The SMILES string of the molecule is CN=C(NCc1noc(C)n1)N1CCN(C(=O)Cc2cccc(Cl)c2)CC1. The first-order valence-corrected chi connectivity index (χ1v) is 9.20. The fourth-order valence-electron chi connectivity index (χ4n) is 3.00. The fraction of sp³-hybridized carbons (Fsp3) is 0.444. The van der Waals surface area contributed by atoms with E-state index >= 15 is 0 Å². The molecule has 0 atom stereocenters. The highest BCUT2D eigenvalue weighted by molar-refractivity contribution is 6.30. The van der Waals surface area contributed by atoms with Gasteiger partial charge in [-0.25, -0.2) is 0 Å². The standard InChI is InChI=1S/C18H23ClN6O2/c1-13-22-16(23-27-13)12-21-18(20-2)25-8-6-24(7-9-25)17(26)11-14-4-3-5-15(19)10-14/h3-5,10H,6-9,11-12H2,1-2H3,(H,20,21). The zero-order valence-corrected chi connectivity index (χ0v) is 16.2. The van der Waals surface area contributed by atoms with Gasteiger partial charge in [-0.2, -0.15) is 4.98 Å². The number of rotatable bonds is 4. The molecule has 8 nitrogen and oxygen atoms in total. The van der Waals surface area contributed by atoms with Gasteiger partial charge in [-0.15, -0.1) is 0 Å². The fourth-order valence-corrected chi connectivity index (χ4v) is 3.22. The molecule has 3 rings (SSSR count). The number of amides is 1. The summed E-state index contributed by atoms with van der Waals surface area (Å²) in [6.07, 6.45) is 0.366. The molecule has 1 fully saturated rings. The number of piperazine rings is 1. The van der Waals surface area contributed by atoms with Crippen molar-refractivity contribution in [3.8, 4) is 0 Å². The Morgan fingerprint density at radius 1 is 1.30 bits per heavy atom. The number of aromatic nitrogens is 2. The van der Waals surface area contributed by atoms with E-state index in [4.69, 9.17) is 16.1 Å². The number of halogens is 1. The van der Waals surface area contributed by atoms with Crippen molar-refractivity contribution in [3.05, 3.63) is 46.6 Å². The van der Waals surface area contributed by atoms with Crippen LogP contribution in [0.1, 0.15) is 17.3 Å². The van der Waals surface area contributed by atoms with E-state index in [2.05, 4.69) is 25.3 Å². The number of nitrogens with zero attached hydrogens (tertiary/aromatic N) is 5. The molecule has 1 saturated heterocycles. The van der Waals surface area contributed by atoms with Crippen molar-refractivity contribution < 1.29 is 9.32 Å². The number of hydrogen-bond acceptors (Lipinski definition) is 5. The van der Waals surface area contributed by atoms with Gasteiger partial charge in [0, 0.05) is 45.2 Å². The first kappa shape index (κ1) is 19.2. The van der Waals surface area contributed by atoms with E-state index < -0.39 is 0 Å². The van der Waals surface area contributed by atoms with Gasteiger partial charge in [0.25, 0.3) is 0 Å². The highest BCUT2D eigenvalue weighted by Crippen LogP contribution is 2.13. The van der Waals surface area contributed by atoms with Crippen LogP contribution in [0, 0.1) is 6.92 Å². The molecule has 0 spiro atoms. The molecule has 0 radical (unpaired) electrons. The summed E-state index contributed by atoms with van der Waals surface area (Å²) in [5.74, 6) is 2.00. The lowest BCUT2D eigenvalue weighted by molar-refractivity contribution is -0.131. The van der Waals surface area contributed by atoms with Gasteiger partial charge in [0.15, 0.2) is 11.8 Å². The van der Waals surface area contributed by atoms with Crippen LogP contribution < -0.4 is 5.32 Å². The molecule has 1 N–H and O–H groups in total. The van der Waals surface area contributed by atoms with Crippen molar-refractivity contribution in [2.75, 3.05) is 33.2 Å². The number of carbonyl (C=O) groups excluding carboxylic acids is 1. The summed E-state index contributed by atoms with van der Waals surface area (Å²) in [6, 6.07) is 7.43. The van der Waals surface area contributed by atoms with Gasteiger partial charge in [0.05, 0.1) is 13.0 Å². The van der Waals surface area contributed by atoms with E-state index in [1.54, 1.807) is 14.0 Å². The average molecular weight is 391 g/mol. The van der Waals surface area contributed by atoms with Crippen LogP contribution in [0.3, 0.4) is 0 Å². The molecule has 0 bridgehead atoms. The molecule has 1 aromatic carbocycles. The number of aryl methyl sites for hydroxylation is 1. The predicted molar refractivity (Wildman–Crippen MR) is 103 cm³/mol. The van der Waals surface area contributed by atoms with E-state index in [0.29, 0.717) is 55.9 Å². The number of benzene rings is 1. The van der Waals surface area contributed by atoms with E-state index in [-0.39, 0.29) is 5.91 Å². The van der Waals surface area contributed by atoms with Crippen LogP contribution >= 0.6 is 11.6 Å². The molecule has 0 unspecified atom stereocenters. The Morgan fingerprint density at radius 3 is 2.67 bits per heavy atom. The average Bonchev–Trinajstić information content (AvgIpc) is 3.08. The first-order valence-electron chi connectivity index (χ1n) is 8.82. The Morgan fingerprint density at radius 2 is 2.04 bits per heavy atom. The first-order chi connectivity index (χ1) is 13.0. The normalized spacial score (nSPS) is 15.1. The number of guanidine groups is 1. The lowest BCUT2D eigenvalue weighted by atomic mass is 10.1. The second-order valence-electron chi connectivity index (χ2n) is 6.30. The molecule has 0 saturated carbocycles. The Bertz CT molecular complexity index is 814. The van der Waals surface area contributed by atoms with Crippen molar-refractivity contribution in [3.63, 3.8) is 0 Å². The second kappa shape index (κ2) is 8.85. The third-order valence-corrected chi connectivity index (χ3v) is 4.60. The van der Waals surface area contributed by atoms with Gasteiger partial charge in [-0.3, -0.25) is 9.79 Å². The Kier molecular flexibility index (Phi) is 6.28. The summed E-state index contributed by atoms with van der Waals surface area (Å²) in [6.45, 7) is 4.93. The summed E-state index contributed by atoms with van der Waals surface area (Å²) >= 11 is 5.99. The zero-order valence-electron chi connectivity index (χ0n) is 15.5. The summed E-state index contributed by atoms with van der Waals surface area (Å²) in [4.78, 5) is 25.0. The molecule has 9 heteroatoms. The second-order valence-corrected chi connectivity index (χ2v) is 6.74. The lowest BCUT2D eigenvalue weighted by Gasteiger charge is -2.36. The molecule has 1 aromatic heterocycles. The summed E-state index contributed by atoms with van der Waals surface area (Å²) < 4.78 is 4.97. The van der Waals surface area contributed by atoms with Crippen LogP contribution in [-0.4, -0.2) is 65.0 Å². The summed E-state index contributed by atoms with van der Waals surface area (Å²) in [5.41, 5.74) is 0.933. The number of hydrogen-bond donors (Lipinski definition) is 1. The maximum Gasteiger partial charge on any atom is 0.227 e. The number of aliphatic imine (C=N–C) groups is 1. The molecule has 144 valence electrons. The van der Waals surface area contributed by atoms with Crippen LogP contribution in [0.15, 0.2) is 33.8 Å². The van der Waals surface area contributed by atoms with Crippen LogP contribution in [0.4, 0.5) is 0 Å². The molecule has 2 aromatic rings. The topological polar surface area (TPSA) is 86.9 Å². The van der Waals surface area contributed by atoms with Crippen molar-refractivity contribution in [2.24, 2.45) is 4.99 Å². The van der Waals surface area contributed by atoms with Gasteiger partial charge in [-0.1, -0.05) is 28.9 Å². The van der Waals surface area contributed by atoms with Crippen molar-refractivity contribution in [1.29, 1.82) is 0 Å². The number of carbonyl (C=O) groups is 1. The van der Waals surface area contributed by atoms with E-state index in [1.807, 2.05) is 29.2 Å². The lowest BCUT2D eigenvalue weighted by Crippen LogP contribution is -2.53. The molecule has 27 heavy (non-hydrogen) atoms. The molecule has 1 aliphatic rings. The molecule has 2 heterocycles. The van der Waals surface area contributed by atoms with Crippen molar-refractivity contribution in [2.45, 2.75) is 19.9 Å². The molecule has 1 amide bonds. The Balaban J connectivity index is 1.49. The minimum atomic E-state index is 0.113. The zero-order chi connectivity index (χ0) is 19.2. The van der Waals surface area contributed by atoms with Crippen LogP contribution in [-0.2, 0) is 17.8 Å². The summed E-state index contributed by atoms with van der Waals surface area (Å²) in [5, 5.41) is 7.75. The largest absolute Gasteiger partial charge is 0.349 e. The van der Waals surface area contributed by atoms with Crippen LogP contribution in [0.25, 0.3) is 0 Å². The number of nitrogens with one attached hydrogen (secondary N) is 1. The smallest absolute Gasteiger partial charge is 0.227 e. The molecular formula is C18H23ClN6O2. The van der Waals surface area contributed by atoms with Gasteiger partial charge in [0.2, 0.25) is 11.8 Å². The predicted octanol–water partition coefficient (Wildman–Crippen LogP) is 1.49. The van der Waals surface area contributed by atoms with E-state index in [0.717, 1.165) is 11.5 Å². The van der Waals surface area contributed by atoms with Gasteiger partial charge >= 0.3 is 0 Å². The minimum Gasteiger partial charge on any atom is -0.349 e. The monoisotopic (exact) mass is 390 g/mol. The summed E-state index contributed by atoms with van der Waals surface area (Å²) in [7, 11) is 1.74. The maximum absolute atomic E-state index is 12.5. The molecule has 0 aliphatic carbocycles. The van der Waals surface area contributed by atoms with Crippen LogP contribution in [0.2, 0.25) is 5.02 Å². The highest BCUT2D eigenvalue weighted by Gasteiger charge is 2.23. The van der Waals surface area contributed by atoms with Crippen LogP contribution in [0.5, 0.6) is 0 Å². The third kappa shape index (κ3) is 5.19. The molecular weight excluding hydrogens is 368 g/mol. The third-order valence-electron chi connectivity index (χ3n) is 4.36. The maximum atomic E-state index is 12.5. The Labute approximate surface area is 163 Å². The molecule has 1 aliphatic heterocycles. The van der Waals surface area contributed by atoms with E-state index in [9.17, 15) is 4.79 Å². The van der Waals surface area contributed by atoms with E-state index in [1.165, 1.54) is 0 Å². The van der Waals surface area contributed by atoms with Gasteiger partial charge in [-0.05, 0) is 17.7 Å². The minimum absolute atomic E-state index is 0.113. The van der Waals surface area contributed by atoms with Crippen molar-refractivity contribution >= 4 is 23.5 Å². The quantitative estimate of drug-likeness (QED) is 0.628.